The predicted octanol–water partition coefficient (Wildman–Crippen LogP) is 3.29. The number of hydrogen-bond donors (Lipinski definition) is 1. The van der Waals surface area contributed by atoms with Crippen molar-refractivity contribution in [1.82, 2.24) is 15.5 Å². The van der Waals surface area contributed by atoms with Crippen molar-refractivity contribution in [2.45, 2.75) is 70.3 Å². The standard InChI is InChI=1S/C14H23F2N3O/c1-13(2,3)17-9-6-11-18-19-12(20-11)10-4-7-14(15,16)8-5-10/h10,17H,4-9H2,1-3H3. The first-order valence-electron chi connectivity index (χ1n) is 7.20. The van der Waals surface area contributed by atoms with Crippen LogP contribution in [0, 0.1) is 0 Å². The van der Waals surface area contributed by atoms with E-state index in [9.17, 15) is 8.78 Å². The van der Waals surface area contributed by atoms with E-state index in [0.29, 0.717) is 31.0 Å². The van der Waals surface area contributed by atoms with Crippen LogP contribution in [0.25, 0.3) is 0 Å². The first-order valence-corrected chi connectivity index (χ1v) is 7.20. The van der Waals surface area contributed by atoms with Gasteiger partial charge in [0.2, 0.25) is 17.7 Å². The number of halogens is 2. The predicted molar refractivity (Wildman–Crippen MR) is 71.9 cm³/mol. The van der Waals surface area contributed by atoms with Crippen LogP contribution in [0.3, 0.4) is 0 Å². The zero-order valence-corrected chi connectivity index (χ0v) is 12.4. The summed E-state index contributed by atoms with van der Waals surface area (Å²) in [5, 5.41) is 11.4. The monoisotopic (exact) mass is 287 g/mol. The van der Waals surface area contributed by atoms with Gasteiger partial charge < -0.3 is 9.73 Å². The fraction of sp³-hybridized carbons (Fsp3) is 0.857. The highest BCUT2D eigenvalue weighted by atomic mass is 19.3. The Bertz CT molecular complexity index is 430. The van der Waals surface area contributed by atoms with Crippen molar-refractivity contribution in [3.8, 4) is 0 Å². The van der Waals surface area contributed by atoms with E-state index in [0.717, 1.165) is 6.54 Å². The molecule has 0 amide bonds. The Balaban J connectivity index is 1.83. The van der Waals surface area contributed by atoms with Crippen molar-refractivity contribution in [3.63, 3.8) is 0 Å². The molecule has 1 saturated carbocycles. The molecule has 0 atom stereocenters. The lowest BCUT2D eigenvalue weighted by Crippen LogP contribution is -2.37. The van der Waals surface area contributed by atoms with Gasteiger partial charge in [0.05, 0.1) is 0 Å². The molecule has 1 fully saturated rings. The lowest BCUT2D eigenvalue weighted by atomic mass is 9.87. The van der Waals surface area contributed by atoms with Crippen molar-refractivity contribution in [3.05, 3.63) is 11.8 Å². The number of hydrogen-bond acceptors (Lipinski definition) is 4. The van der Waals surface area contributed by atoms with Crippen molar-refractivity contribution in [1.29, 1.82) is 0 Å². The van der Waals surface area contributed by atoms with Gasteiger partial charge in [0, 0.05) is 37.3 Å². The number of alkyl halides is 2. The maximum Gasteiger partial charge on any atom is 0.248 e. The molecule has 1 aliphatic rings. The molecule has 0 bridgehead atoms. The van der Waals surface area contributed by atoms with E-state index < -0.39 is 5.92 Å². The summed E-state index contributed by atoms with van der Waals surface area (Å²) < 4.78 is 31.8. The Morgan fingerprint density at radius 2 is 1.90 bits per heavy atom. The third-order valence-corrected chi connectivity index (χ3v) is 3.54. The lowest BCUT2D eigenvalue weighted by Gasteiger charge is -2.25. The number of nitrogens with zero attached hydrogens (tertiary/aromatic N) is 2. The molecular weight excluding hydrogens is 264 g/mol. The second kappa shape index (κ2) is 5.76. The fourth-order valence-electron chi connectivity index (χ4n) is 2.36. The number of aromatic nitrogens is 2. The van der Waals surface area contributed by atoms with Crippen molar-refractivity contribution in [2.75, 3.05) is 6.54 Å². The van der Waals surface area contributed by atoms with Gasteiger partial charge in [-0.05, 0) is 33.6 Å². The molecule has 2 rings (SSSR count). The van der Waals surface area contributed by atoms with Gasteiger partial charge in [0.15, 0.2) is 0 Å². The summed E-state index contributed by atoms with van der Waals surface area (Å²) in [5.41, 5.74) is 0.0534. The molecule has 1 aromatic heterocycles. The molecule has 0 unspecified atom stereocenters. The molecule has 114 valence electrons. The fourth-order valence-corrected chi connectivity index (χ4v) is 2.36. The van der Waals surface area contributed by atoms with Gasteiger partial charge in [0.25, 0.3) is 0 Å². The molecule has 1 heterocycles. The molecule has 1 aliphatic carbocycles. The minimum Gasteiger partial charge on any atom is -0.425 e. The minimum atomic E-state index is -2.52. The average Bonchev–Trinajstić information content (AvgIpc) is 2.76. The normalized spacial score (nSPS) is 20.2. The van der Waals surface area contributed by atoms with Crippen molar-refractivity contribution in [2.24, 2.45) is 0 Å². The average molecular weight is 287 g/mol. The van der Waals surface area contributed by atoms with E-state index in [1.807, 2.05) is 0 Å². The van der Waals surface area contributed by atoms with Gasteiger partial charge in [-0.2, -0.15) is 0 Å². The second-order valence-electron chi connectivity index (χ2n) is 6.59. The first kappa shape index (κ1) is 15.4. The molecule has 0 spiro atoms. The molecule has 1 aromatic rings. The highest BCUT2D eigenvalue weighted by Gasteiger charge is 2.37. The van der Waals surface area contributed by atoms with Crippen molar-refractivity contribution >= 4 is 0 Å². The van der Waals surface area contributed by atoms with Gasteiger partial charge in [-0.25, -0.2) is 8.78 Å². The summed E-state index contributed by atoms with van der Waals surface area (Å²) in [6.45, 7) is 7.03. The SMILES string of the molecule is CC(C)(C)NCCc1nnc(C2CCC(F)(F)CC2)o1. The van der Waals surface area contributed by atoms with Crippen LogP contribution in [0.2, 0.25) is 0 Å². The van der Waals surface area contributed by atoms with Gasteiger partial charge in [-0.1, -0.05) is 0 Å². The van der Waals surface area contributed by atoms with Crippen LogP contribution >= 0.6 is 0 Å². The van der Waals surface area contributed by atoms with Crippen LogP contribution in [0.5, 0.6) is 0 Å². The van der Waals surface area contributed by atoms with E-state index in [1.165, 1.54) is 0 Å². The molecule has 6 heteroatoms. The summed E-state index contributed by atoms with van der Waals surface area (Å²) in [5.74, 6) is -1.43. The van der Waals surface area contributed by atoms with Crippen LogP contribution in [0.15, 0.2) is 4.42 Å². The molecule has 0 saturated heterocycles. The third-order valence-electron chi connectivity index (χ3n) is 3.54. The number of nitrogens with one attached hydrogen (secondary N) is 1. The smallest absolute Gasteiger partial charge is 0.248 e. The Kier molecular flexibility index (Phi) is 4.42. The lowest BCUT2D eigenvalue weighted by molar-refractivity contribution is -0.0399. The van der Waals surface area contributed by atoms with Gasteiger partial charge >= 0.3 is 0 Å². The van der Waals surface area contributed by atoms with Crippen LogP contribution < -0.4 is 5.32 Å². The van der Waals surface area contributed by atoms with E-state index in [1.54, 1.807) is 0 Å². The Hall–Kier alpha value is -1.04. The van der Waals surface area contributed by atoms with Crippen molar-refractivity contribution < 1.29 is 13.2 Å². The summed E-state index contributed by atoms with van der Waals surface area (Å²) in [4.78, 5) is 0. The van der Waals surface area contributed by atoms with Crippen LogP contribution in [-0.2, 0) is 6.42 Å². The third kappa shape index (κ3) is 4.51. The first-order chi connectivity index (χ1) is 9.25. The summed E-state index contributed by atoms with van der Waals surface area (Å²) >= 11 is 0. The van der Waals surface area contributed by atoms with E-state index in [2.05, 4.69) is 36.3 Å². The molecule has 20 heavy (non-hydrogen) atoms. The van der Waals surface area contributed by atoms with Crippen LogP contribution in [0.1, 0.15) is 64.2 Å². The summed E-state index contributed by atoms with van der Waals surface area (Å²) in [6.07, 6.45) is 1.35. The largest absolute Gasteiger partial charge is 0.425 e. The minimum absolute atomic E-state index is 0.00792. The molecule has 0 radical (unpaired) electrons. The molecule has 4 nitrogen and oxygen atoms in total. The zero-order chi connectivity index (χ0) is 14.8. The molecule has 0 aromatic carbocycles. The molecule has 1 N–H and O–H groups in total. The van der Waals surface area contributed by atoms with E-state index in [4.69, 9.17) is 4.42 Å². The van der Waals surface area contributed by atoms with Gasteiger partial charge in [0.1, 0.15) is 0 Å². The maximum atomic E-state index is 13.1. The Labute approximate surface area is 118 Å². The van der Waals surface area contributed by atoms with E-state index in [-0.39, 0.29) is 24.3 Å². The van der Waals surface area contributed by atoms with E-state index >= 15 is 0 Å². The Morgan fingerprint density at radius 3 is 2.50 bits per heavy atom. The highest BCUT2D eigenvalue weighted by Crippen LogP contribution is 2.40. The van der Waals surface area contributed by atoms with Crippen LogP contribution in [0.4, 0.5) is 8.78 Å². The second-order valence-corrected chi connectivity index (χ2v) is 6.59. The Morgan fingerprint density at radius 1 is 1.25 bits per heavy atom. The van der Waals surface area contributed by atoms with Gasteiger partial charge in [-0.3, -0.25) is 0 Å². The zero-order valence-electron chi connectivity index (χ0n) is 12.4. The quantitative estimate of drug-likeness (QED) is 0.923. The number of rotatable bonds is 4. The van der Waals surface area contributed by atoms with Crippen LogP contribution in [-0.4, -0.2) is 28.2 Å². The topological polar surface area (TPSA) is 51.0 Å². The summed E-state index contributed by atoms with van der Waals surface area (Å²) in [7, 11) is 0. The maximum absolute atomic E-state index is 13.1. The molecule has 0 aliphatic heterocycles. The summed E-state index contributed by atoms with van der Waals surface area (Å²) in [6, 6.07) is 0. The molecular formula is C14H23F2N3O. The highest BCUT2D eigenvalue weighted by molar-refractivity contribution is 4.96. The van der Waals surface area contributed by atoms with Gasteiger partial charge in [-0.15, -0.1) is 10.2 Å².